The molecular weight excluding hydrogens is 434 g/mol. The number of fused-ring (bicyclic) bond motifs is 1. The highest BCUT2D eigenvalue weighted by atomic mass is 16.5. The molecule has 0 amide bonds. The van der Waals surface area contributed by atoms with E-state index in [1.54, 1.807) is 6.20 Å². The summed E-state index contributed by atoms with van der Waals surface area (Å²) < 4.78 is 10.9. The Morgan fingerprint density at radius 2 is 1.38 bits per heavy atom. The molecule has 2 N–H and O–H groups in total. The lowest BCUT2D eigenvalue weighted by atomic mass is 10.1. The molecule has 3 saturated heterocycles. The Hall–Kier alpha value is -2.34. The third-order valence-electron chi connectivity index (χ3n) is 6.70. The molecule has 3 aliphatic rings. The highest BCUT2D eigenvalue weighted by Gasteiger charge is 2.19. The van der Waals surface area contributed by atoms with E-state index in [1.807, 2.05) is 0 Å². The van der Waals surface area contributed by atoms with Crippen LogP contribution in [0.2, 0.25) is 0 Å². The molecule has 5 heterocycles. The van der Waals surface area contributed by atoms with E-state index in [9.17, 15) is 0 Å². The molecule has 0 atom stereocenters. The second-order valence-electron chi connectivity index (χ2n) is 9.11. The molecule has 11 nitrogen and oxygen atoms in total. The van der Waals surface area contributed by atoms with Gasteiger partial charge in [0.2, 0.25) is 5.95 Å². The second-order valence-corrected chi connectivity index (χ2v) is 9.11. The van der Waals surface area contributed by atoms with Gasteiger partial charge in [-0.3, -0.25) is 9.80 Å². The van der Waals surface area contributed by atoms with Crippen LogP contribution < -0.4 is 15.5 Å². The number of nitrogens with zero attached hydrogens (tertiary/aromatic N) is 7. The smallest absolute Gasteiger partial charge is 0.229 e. The summed E-state index contributed by atoms with van der Waals surface area (Å²) in [4.78, 5) is 26.3. The van der Waals surface area contributed by atoms with Crippen LogP contribution in [0.5, 0.6) is 0 Å². The Kier molecular flexibility index (Phi) is 8.17. The summed E-state index contributed by atoms with van der Waals surface area (Å²) in [6.07, 6.45) is 5.41. The third kappa shape index (κ3) is 6.21. The fraction of sp³-hybridized carbons (Fsp3) is 0.739. The average Bonchev–Trinajstić information content (AvgIpc) is 2.90. The number of anilines is 3. The van der Waals surface area contributed by atoms with E-state index in [2.05, 4.69) is 25.3 Å². The van der Waals surface area contributed by atoms with Crippen molar-refractivity contribution in [1.29, 1.82) is 0 Å². The van der Waals surface area contributed by atoms with E-state index in [0.29, 0.717) is 5.65 Å². The van der Waals surface area contributed by atoms with Gasteiger partial charge < -0.3 is 25.0 Å². The van der Waals surface area contributed by atoms with Gasteiger partial charge in [-0.25, -0.2) is 9.97 Å². The van der Waals surface area contributed by atoms with Gasteiger partial charge in [-0.2, -0.15) is 9.97 Å². The van der Waals surface area contributed by atoms with Crippen LogP contribution >= 0.6 is 0 Å². The fourth-order valence-corrected chi connectivity index (χ4v) is 4.66. The molecule has 0 saturated carbocycles. The first-order valence-corrected chi connectivity index (χ1v) is 12.7. The minimum atomic E-state index is 0.640. The van der Waals surface area contributed by atoms with Gasteiger partial charge in [0, 0.05) is 65.4 Å². The van der Waals surface area contributed by atoms with Crippen molar-refractivity contribution in [1.82, 2.24) is 29.7 Å². The quantitative estimate of drug-likeness (QED) is 0.545. The maximum absolute atomic E-state index is 5.46. The molecule has 3 fully saturated rings. The summed E-state index contributed by atoms with van der Waals surface area (Å²) in [5.41, 5.74) is 1.36. The van der Waals surface area contributed by atoms with E-state index in [0.717, 1.165) is 115 Å². The van der Waals surface area contributed by atoms with Gasteiger partial charge in [-0.15, -0.1) is 0 Å². The molecule has 2 aromatic rings. The molecule has 34 heavy (non-hydrogen) atoms. The summed E-state index contributed by atoms with van der Waals surface area (Å²) in [6.45, 7) is 12.7. The Morgan fingerprint density at radius 1 is 0.735 bits per heavy atom. The highest BCUT2D eigenvalue weighted by molar-refractivity contribution is 5.84. The highest BCUT2D eigenvalue weighted by Crippen LogP contribution is 2.24. The maximum atomic E-state index is 5.46. The zero-order valence-electron chi connectivity index (χ0n) is 20.0. The lowest BCUT2D eigenvalue weighted by Gasteiger charge is -2.28. The Labute approximate surface area is 201 Å². The van der Waals surface area contributed by atoms with Crippen LogP contribution in [-0.4, -0.2) is 122 Å². The van der Waals surface area contributed by atoms with E-state index >= 15 is 0 Å². The molecule has 0 bridgehead atoms. The van der Waals surface area contributed by atoms with Gasteiger partial charge in [-0.1, -0.05) is 0 Å². The van der Waals surface area contributed by atoms with Crippen LogP contribution in [-0.2, 0) is 9.47 Å². The standard InChI is InChI=1S/C23H37N9O2/c1-2-6-32(7-3-1)23-28-21(25-5-9-31-12-16-34-17-13-31)20-22(29-23)27-19(18-26-20)24-4-8-30-10-14-33-15-11-30/h18H,1-17H2,(H2,24,25,27,28,29). The molecule has 3 aliphatic heterocycles. The van der Waals surface area contributed by atoms with Crippen molar-refractivity contribution >= 4 is 28.7 Å². The number of hydrogen-bond donors (Lipinski definition) is 2. The van der Waals surface area contributed by atoms with E-state index in [1.165, 1.54) is 19.3 Å². The maximum Gasteiger partial charge on any atom is 0.229 e. The predicted octanol–water partition coefficient (Wildman–Crippen LogP) is 0.898. The van der Waals surface area contributed by atoms with Crippen molar-refractivity contribution in [3.05, 3.63) is 6.20 Å². The predicted molar refractivity (Wildman–Crippen MR) is 133 cm³/mol. The zero-order valence-corrected chi connectivity index (χ0v) is 20.0. The van der Waals surface area contributed by atoms with Gasteiger partial charge >= 0.3 is 0 Å². The van der Waals surface area contributed by atoms with Crippen LogP contribution in [0.4, 0.5) is 17.6 Å². The van der Waals surface area contributed by atoms with Gasteiger partial charge in [0.15, 0.2) is 17.0 Å². The number of ether oxygens (including phenoxy) is 2. The van der Waals surface area contributed by atoms with E-state index < -0.39 is 0 Å². The first-order chi connectivity index (χ1) is 16.8. The van der Waals surface area contributed by atoms with Crippen LogP contribution in [0.1, 0.15) is 19.3 Å². The van der Waals surface area contributed by atoms with Gasteiger partial charge in [0.05, 0.1) is 32.6 Å². The van der Waals surface area contributed by atoms with Crippen molar-refractivity contribution in [2.45, 2.75) is 19.3 Å². The van der Waals surface area contributed by atoms with Crippen molar-refractivity contribution < 1.29 is 9.47 Å². The molecule has 5 rings (SSSR count). The normalized spacial score (nSPS) is 20.5. The Balaban J connectivity index is 1.29. The minimum Gasteiger partial charge on any atom is -0.379 e. The molecule has 2 aromatic heterocycles. The largest absolute Gasteiger partial charge is 0.379 e. The van der Waals surface area contributed by atoms with Crippen LogP contribution in [0.15, 0.2) is 6.20 Å². The topological polar surface area (TPSA) is 104 Å². The van der Waals surface area contributed by atoms with Crippen molar-refractivity contribution in [2.24, 2.45) is 0 Å². The van der Waals surface area contributed by atoms with Gasteiger partial charge in [0.25, 0.3) is 0 Å². The molecule has 0 unspecified atom stereocenters. The van der Waals surface area contributed by atoms with Crippen LogP contribution in [0.25, 0.3) is 11.2 Å². The molecule has 0 aliphatic carbocycles. The number of rotatable bonds is 9. The molecule has 0 spiro atoms. The summed E-state index contributed by atoms with van der Waals surface area (Å²) >= 11 is 0. The van der Waals surface area contributed by atoms with Crippen LogP contribution in [0, 0.1) is 0 Å². The Bertz CT molecular complexity index is 913. The SMILES string of the molecule is c1nc2c(NCCN3CCOCC3)nc(N3CCCCC3)nc2nc1NCCN1CCOCC1. The fourth-order valence-electron chi connectivity index (χ4n) is 4.66. The number of aromatic nitrogens is 4. The average molecular weight is 472 g/mol. The number of piperidine rings is 1. The van der Waals surface area contributed by atoms with Gasteiger partial charge in [0.1, 0.15) is 5.82 Å². The summed E-state index contributed by atoms with van der Waals surface area (Å²) in [6, 6.07) is 0. The number of morpholine rings is 2. The van der Waals surface area contributed by atoms with E-state index in [-0.39, 0.29) is 0 Å². The van der Waals surface area contributed by atoms with Crippen molar-refractivity contribution in [3.8, 4) is 0 Å². The van der Waals surface area contributed by atoms with Crippen molar-refractivity contribution in [2.75, 3.05) is 107 Å². The first-order valence-electron chi connectivity index (χ1n) is 12.7. The van der Waals surface area contributed by atoms with E-state index in [4.69, 9.17) is 29.4 Å². The summed E-state index contributed by atoms with van der Waals surface area (Å²) in [5.74, 6) is 2.27. The van der Waals surface area contributed by atoms with Gasteiger partial charge in [-0.05, 0) is 19.3 Å². The Morgan fingerprint density at radius 3 is 2.06 bits per heavy atom. The summed E-state index contributed by atoms with van der Waals surface area (Å²) in [5, 5.41) is 6.94. The molecule has 11 heteroatoms. The van der Waals surface area contributed by atoms with Crippen molar-refractivity contribution in [3.63, 3.8) is 0 Å². The zero-order chi connectivity index (χ0) is 23.0. The molecule has 0 radical (unpaired) electrons. The number of hydrogen-bond acceptors (Lipinski definition) is 11. The molecular formula is C23H37N9O2. The van der Waals surface area contributed by atoms with Crippen LogP contribution in [0.3, 0.4) is 0 Å². The molecule has 0 aromatic carbocycles. The first kappa shape index (κ1) is 23.4. The summed E-state index contributed by atoms with van der Waals surface area (Å²) in [7, 11) is 0. The minimum absolute atomic E-state index is 0.640. The lowest BCUT2D eigenvalue weighted by Crippen LogP contribution is -2.39. The lowest BCUT2D eigenvalue weighted by molar-refractivity contribution is 0.0398. The number of nitrogens with one attached hydrogen (secondary N) is 2. The second kappa shape index (κ2) is 11.9. The molecule has 186 valence electrons. The monoisotopic (exact) mass is 471 g/mol. The third-order valence-corrected chi connectivity index (χ3v) is 6.70.